The molecule has 1 unspecified atom stereocenters. The Morgan fingerprint density at radius 3 is 2.44 bits per heavy atom. The second-order valence-corrected chi connectivity index (χ2v) is 11.8. The zero-order valence-electron chi connectivity index (χ0n) is 24.5. The highest BCUT2D eigenvalue weighted by Crippen LogP contribution is 2.27. The third-order valence-corrected chi connectivity index (χ3v) is 7.30. The number of likely N-dealkylation sites (N-methyl/N-ethyl adjacent to an activating group) is 1. The molecule has 41 heavy (non-hydrogen) atoms. The first-order chi connectivity index (χ1) is 19.5. The maximum atomic E-state index is 12.6. The standard InChI is InChI=1S/C32H42N6O3/c1-32(2,3)24-11-13-25(14-12-24)38-29(20-27(36-38)23-7-6-18-37(4)21-23)34-17-5-8-30(40)35-28(31(33)41)19-22-9-15-26(39)16-10-22/h7,9-16,20,28,34,39H,5-6,8,17-19,21H2,1-4H3,(H2,33,41)(H,35,40). The molecule has 3 aromatic rings. The summed E-state index contributed by atoms with van der Waals surface area (Å²) in [5.74, 6) is 0.164. The van der Waals surface area contributed by atoms with E-state index in [1.54, 1.807) is 24.3 Å². The molecular formula is C32H42N6O3. The van der Waals surface area contributed by atoms with Crippen molar-refractivity contribution in [3.8, 4) is 11.4 Å². The number of aromatic hydroxyl groups is 1. The van der Waals surface area contributed by atoms with Crippen LogP contribution in [0.5, 0.6) is 5.75 Å². The van der Waals surface area contributed by atoms with Crippen LogP contribution in [0, 0.1) is 0 Å². The van der Waals surface area contributed by atoms with Crippen LogP contribution in [-0.4, -0.2) is 64.3 Å². The van der Waals surface area contributed by atoms with E-state index in [4.69, 9.17) is 10.8 Å². The molecule has 2 heterocycles. The molecule has 1 aromatic heterocycles. The Labute approximate surface area is 242 Å². The van der Waals surface area contributed by atoms with Gasteiger partial charge in [0.15, 0.2) is 0 Å². The minimum absolute atomic E-state index is 0.0601. The van der Waals surface area contributed by atoms with Crippen molar-refractivity contribution in [2.45, 2.75) is 57.9 Å². The summed E-state index contributed by atoms with van der Waals surface area (Å²) in [7, 11) is 2.12. The topological polar surface area (TPSA) is 126 Å². The van der Waals surface area contributed by atoms with E-state index in [9.17, 15) is 14.7 Å². The summed E-state index contributed by atoms with van der Waals surface area (Å²) in [4.78, 5) is 26.9. The van der Waals surface area contributed by atoms with E-state index in [0.29, 0.717) is 13.0 Å². The Morgan fingerprint density at radius 2 is 1.80 bits per heavy atom. The van der Waals surface area contributed by atoms with E-state index in [1.165, 1.54) is 11.1 Å². The molecule has 0 spiro atoms. The van der Waals surface area contributed by atoms with Crippen LogP contribution in [0.3, 0.4) is 0 Å². The second-order valence-electron chi connectivity index (χ2n) is 11.8. The number of amides is 2. The molecule has 0 radical (unpaired) electrons. The van der Waals surface area contributed by atoms with Crippen molar-refractivity contribution in [3.05, 3.63) is 77.5 Å². The predicted octanol–water partition coefficient (Wildman–Crippen LogP) is 4.00. The third kappa shape index (κ3) is 8.20. The van der Waals surface area contributed by atoms with Gasteiger partial charge in [-0.15, -0.1) is 0 Å². The van der Waals surface area contributed by atoms with Crippen molar-refractivity contribution < 1.29 is 14.7 Å². The fraction of sp³-hybridized carbons (Fsp3) is 0.406. The van der Waals surface area contributed by atoms with E-state index < -0.39 is 11.9 Å². The molecule has 0 fully saturated rings. The van der Waals surface area contributed by atoms with Gasteiger partial charge in [-0.05, 0) is 66.3 Å². The number of carbonyl (C=O) groups excluding carboxylic acids is 2. The summed E-state index contributed by atoms with van der Waals surface area (Å²) in [6.45, 7) is 9.03. The molecule has 9 nitrogen and oxygen atoms in total. The number of hydrogen-bond donors (Lipinski definition) is 4. The Kier molecular flexibility index (Phi) is 9.50. The molecule has 0 saturated heterocycles. The molecule has 2 amide bonds. The molecule has 2 aromatic carbocycles. The number of phenolic OH excluding ortho intramolecular Hbond substituents is 1. The number of rotatable bonds is 11. The second kappa shape index (κ2) is 13.0. The van der Waals surface area contributed by atoms with Gasteiger partial charge in [0, 0.05) is 38.5 Å². The van der Waals surface area contributed by atoms with Gasteiger partial charge < -0.3 is 26.4 Å². The van der Waals surface area contributed by atoms with Gasteiger partial charge in [-0.25, -0.2) is 4.68 Å². The molecule has 0 saturated carbocycles. The number of nitrogens with two attached hydrogens (primary N) is 1. The van der Waals surface area contributed by atoms with Crippen LogP contribution in [0.1, 0.15) is 56.9 Å². The first kappa shape index (κ1) is 29.9. The fourth-order valence-corrected chi connectivity index (χ4v) is 4.86. The van der Waals surface area contributed by atoms with Gasteiger partial charge >= 0.3 is 0 Å². The van der Waals surface area contributed by atoms with Crippen molar-refractivity contribution in [2.75, 3.05) is 32.0 Å². The number of primary amides is 1. The molecule has 9 heteroatoms. The van der Waals surface area contributed by atoms with Gasteiger partial charge in [0.1, 0.15) is 17.6 Å². The highest BCUT2D eigenvalue weighted by atomic mass is 16.3. The summed E-state index contributed by atoms with van der Waals surface area (Å²) in [6.07, 6.45) is 4.32. The maximum absolute atomic E-state index is 12.6. The van der Waals surface area contributed by atoms with Crippen molar-refractivity contribution >= 4 is 23.2 Å². The molecular weight excluding hydrogens is 516 g/mol. The number of phenols is 1. The van der Waals surface area contributed by atoms with E-state index in [0.717, 1.165) is 42.3 Å². The first-order valence-electron chi connectivity index (χ1n) is 14.2. The summed E-state index contributed by atoms with van der Waals surface area (Å²) in [5, 5.41) is 20.7. The van der Waals surface area contributed by atoms with Crippen LogP contribution in [0.15, 0.2) is 60.7 Å². The summed E-state index contributed by atoms with van der Waals surface area (Å²) < 4.78 is 1.93. The predicted molar refractivity (Wildman–Crippen MR) is 163 cm³/mol. The SMILES string of the molecule is CN1CCC=C(c2cc(NCCCC(=O)NC(Cc3ccc(O)cc3)C(N)=O)n(-c3ccc(C(C)(C)C)cc3)n2)C1. The molecule has 218 valence electrons. The Bertz CT molecular complexity index is 1370. The van der Waals surface area contributed by atoms with E-state index in [2.05, 4.69) is 79.8 Å². The third-order valence-electron chi connectivity index (χ3n) is 7.30. The normalized spacial score (nSPS) is 14.8. The Hall–Kier alpha value is -4.11. The van der Waals surface area contributed by atoms with Crippen LogP contribution in [-0.2, 0) is 21.4 Å². The van der Waals surface area contributed by atoms with Gasteiger partial charge in [0.05, 0.1) is 11.4 Å². The number of aromatic nitrogens is 2. The summed E-state index contributed by atoms with van der Waals surface area (Å²) in [6, 6.07) is 16.2. The van der Waals surface area contributed by atoms with Crippen LogP contribution >= 0.6 is 0 Å². The largest absolute Gasteiger partial charge is 0.508 e. The minimum Gasteiger partial charge on any atom is -0.508 e. The van der Waals surface area contributed by atoms with Crippen molar-refractivity contribution in [3.63, 3.8) is 0 Å². The zero-order chi connectivity index (χ0) is 29.6. The van der Waals surface area contributed by atoms with Gasteiger partial charge in [-0.3, -0.25) is 9.59 Å². The summed E-state index contributed by atoms with van der Waals surface area (Å²) in [5.41, 5.74) is 10.8. The van der Waals surface area contributed by atoms with Crippen molar-refractivity contribution in [1.29, 1.82) is 0 Å². The van der Waals surface area contributed by atoms with Crippen LogP contribution in [0.2, 0.25) is 0 Å². The number of carbonyl (C=O) groups is 2. The zero-order valence-corrected chi connectivity index (χ0v) is 24.5. The highest BCUT2D eigenvalue weighted by molar-refractivity contribution is 5.86. The van der Waals surface area contributed by atoms with Gasteiger partial charge in [0.25, 0.3) is 0 Å². The van der Waals surface area contributed by atoms with E-state index in [-0.39, 0.29) is 29.9 Å². The monoisotopic (exact) mass is 558 g/mol. The molecule has 1 aliphatic rings. The lowest BCUT2D eigenvalue weighted by atomic mass is 9.87. The van der Waals surface area contributed by atoms with Crippen LogP contribution in [0.4, 0.5) is 5.82 Å². The van der Waals surface area contributed by atoms with Gasteiger partial charge in [-0.1, -0.05) is 51.1 Å². The molecule has 4 rings (SSSR count). The Morgan fingerprint density at radius 1 is 1.10 bits per heavy atom. The number of anilines is 1. The average molecular weight is 559 g/mol. The molecule has 1 aliphatic heterocycles. The number of nitrogens with zero attached hydrogens (tertiary/aromatic N) is 3. The summed E-state index contributed by atoms with van der Waals surface area (Å²) >= 11 is 0. The molecule has 1 atom stereocenters. The van der Waals surface area contributed by atoms with Gasteiger partial charge in [-0.2, -0.15) is 5.10 Å². The molecule has 0 aliphatic carbocycles. The van der Waals surface area contributed by atoms with Crippen molar-refractivity contribution in [1.82, 2.24) is 20.0 Å². The number of benzene rings is 2. The lowest BCUT2D eigenvalue weighted by molar-refractivity contribution is -0.127. The van der Waals surface area contributed by atoms with Crippen molar-refractivity contribution in [2.24, 2.45) is 5.73 Å². The molecule has 0 bridgehead atoms. The van der Waals surface area contributed by atoms with E-state index >= 15 is 0 Å². The maximum Gasteiger partial charge on any atom is 0.240 e. The van der Waals surface area contributed by atoms with Gasteiger partial charge in [0.2, 0.25) is 11.8 Å². The minimum atomic E-state index is -0.818. The lowest BCUT2D eigenvalue weighted by Gasteiger charge is -2.21. The Balaban J connectivity index is 1.40. The quantitative estimate of drug-likeness (QED) is 0.264. The molecule has 5 N–H and O–H groups in total. The smallest absolute Gasteiger partial charge is 0.240 e. The lowest BCUT2D eigenvalue weighted by Crippen LogP contribution is -2.45. The average Bonchev–Trinajstić information content (AvgIpc) is 3.36. The fourth-order valence-electron chi connectivity index (χ4n) is 4.86. The number of hydrogen-bond acceptors (Lipinski definition) is 6. The van der Waals surface area contributed by atoms with Crippen LogP contribution in [0.25, 0.3) is 11.3 Å². The number of nitrogens with one attached hydrogen (secondary N) is 2. The highest BCUT2D eigenvalue weighted by Gasteiger charge is 2.20. The van der Waals surface area contributed by atoms with Crippen LogP contribution < -0.4 is 16.4 Å². The first-order valence-corrected chi connectivity index (χ1v) is 14.2. The van der Waals surface area contributed by atoms with E-state index in [1.807, 2.05) is 4.68 Å².